The lowest BCUT2D eigenvalue weighted by atomic mass is 10.00. The van der Waals surface area contributed by atoms with Gasteiger partial charge in [0.2, 0.25) is 5.91 Å². The summed E-state index contributed by atoms with van der Waals surface area (Å²) in [6.45, 7) is 4.91. The van der Waals surface area contributed by atoms with Crippen molar-refractivity contribution in [2.75, 3.05) is 13.1 Å². The standard InChI is InChI=1S/C27H25N5O2/c1-2-25(33)32-14-6-7-21(32)17-31-27-20(15-28)16-30-18-24(27)26(29)19-10-12-23(13-11-19)34-22-8-4-3-5-9-22/h2-5,8-13,16,18,21,29H,1,6-7,14,17H2,(H,30,31)/p+1/t21-/m1/s1. The number of nitrogens with two attached hydrogens (primary N) is 1. The minimum atomic E-state index is -0.0723. The largest absolute Gasteiger partial charge is 0.457 e. The average Bonchev–Trinajstić information content (AvgIpc) is 3.36. The summed E-state index contributed by atoms with van der Waals surface area (Å²) < 4.78 is 5.84. The van der Waals surface area contributed by atoms with Crippen molar-refractivity contribution in [3.63, 3.8) is 0 Å². The maximum Gasteiger partial charge on any atom is 0.246 e. The van der Waals surface area contributed by atoms with Crippen molar-refractivity contribution in [1.82, 2.24) is 9.88 Å². The number of quaternary nitrogens is 1. The number of aromatic nitrogens is 1. The van der Waals surface area contributed by atoms with E-state index in [2.05, 4.69) is 17.6 Å². The number of benzene rings is 2. The number of nitrogens with zero attached hydrogens (tertiary/aromatic N) is 3. The lowest BCUT2D eigenvalue weighted by Gasteiger charge is -2.22. The second-order valence-electron chi connectivity index (χ2n) is 8.05. The summed E-state index contributed by atoms with van der Waals surface area (Å²) in [5.74, 6) is 1.34. The van der Waals surface area contributed by atoms with Crippen LogP contribution in [0.25, 0.3) is 0 Å². The van der Waals surface area contributed by atoms with Gasteiger partial charge in [0.1, 0.15) is 29.7 Å². The quantitative estimate of drug-likeness (QED) is 0.403. The number of carbonyl (C=O) groups is 1. The van der Waals surface area contributed by atoms with Gasteiger partial charge in [-0.2, -0.15) is 5.26 Å². The van der Waals surface area contributed by atoms with Gasteiger partial charge in [-0.3, -0.25) is 15.2 Å². The molecule has 7 nitrogen and oxygen atoms in total. The Bertz CT molecular complexity index is 1230. The smallest absolute Gasteiger partial charge is 0.246 e. The van der Waals surface area contributed by atoms with E-state index >= 15 is 0 Å². The molecule has 0 unspecified atom stereocenters. The second-order valence-corrected chi connectivity index (χ2v) is 8.05. The van der Waals surface area contributed by atoms with Crippen LogP contribution in [0.2, 0.25) is 0 Å². The summed E-state index contributed by atoms with van der Waals surface area (Å²) in [5, 5.41) is 20.4. The summed E-state index contributed by atoms with van der Waals surface area (Å²) in [6, 6.07) is 19.0. The number of nitriles is 1. The molecule has 34 heavy (non-hydrogen) atoms. The van der Waals surface area contributed by atoms with Crippen LogP contribution < -0.4 is 10.1 Å². The Hall–Kier alpha value is -4.28. The molecular weight excluding hydrogens is 426 g/mol. The van der Waals surface area contributed by atoms with Crippen LogP contribution in [-0.4, -0.2) is 40.6 Å². The van der Waals surface area contributed by atoms with Gasteiger partial charge in [-0.1, -0.05) is 24.8 Å². The van der Waals surface area contributed by atoms with Gasteiger partial charge in [-0.15, -0.1) is 0 Å². The molecule has 0 bridgehead atoms. The summed E-state index contributed by atoms with van der Waals surface area (Å²) in [7, 11) is 0. The van der Waals surface area contributed by atoms with E-state index in [9.17, 15) is 10.1 Å². The van der Waals surface area contributed by atoms with Gasteiger partial charge < -0.3 is 15.0 Å². The van der Waals surface area contributed by atoms with Crippen LogP contribution >= 0.6 is 0 Å². The Morgan fingerprint density at radius 3 is 2.65 bits per heavy atom. The van der Waals surface area contributed by atoms with Gasteiger partial charge in [-0.25, -0.2) is 0 Å². The fourth-order valence-electron chi connectivity index (χ4n) is 4.19. The molecule has 1 saturated heterocycles. The van der Waals surface area contributed by atoms with Crippen LogP contribution in [0.15, 0.2) is 79.6 Å². The number of para-hydroxylation sites is 1. The number of likely N-dealkylation sites (tertiary alicyclic amines) is 1. The van der Waals surface area contributed by atoms with E-state index in [1.807, 2.05) is 64.8 Å². The van der Waals surface area contributed by atoms with Crippen LogP contribution in [0.1, 0.15) is 29.5 Å². The van der Waals surface area contributed by atoms with Crippen LogP contribution in [0.3, 0.4) is 0 Å². The van der Waals surface area contributed by atoms with E-state index in [0.717, 1.165) is 18.6 Å². The Kier molecular flexibility index (Phi) is 7.11. The van der Waals surface area contributed by atoms with Crippen molar-refractivity contribution in [2.45, 2.75) is 18.9 Å². The van der Waals surface area contributed by atoms with Crippen molar-refractivity contribution >= 4 is 17.3 Å². The highest BCUT2D eigenvalue weighted by atomic mass is 16.5. The van der Waals surface area contributed by atoms with Crippen LogP contribution in [0.5, 0.6) is 11.5 Å². The van der Waals surface area contributed by atoms with Crippen LogP contribution in [-0.2, 0) is 4.79 Å². The molecule has 2 aromatic carbocycles. The second kappa shape index (κ2) is 10.6. The minimum absolute atomic E-state index is 0.0571. The predicted octanol–water partition coefficient (Wildman–Crippen LogP) is 3.53. The van der Waals surface area contributed by atoms with Crippen molar-refractivity contribution < 1.29 is 14.8 Å². The summed E-state index contributed by atoms with van der Waals surface area (Å²) in [5.41, 5.74) is 2.62. The Labute approximate surface area is 198 Å². The third-order valence-corrected chi connectivity index (χ3v) is 5.93. The number of rotatable bonds is 8. The zero-order valence-corrected chi connectivity index (χ0v) is 18.8. The monoisotopic (exact) mass is 452 g/mol. The van der Waals surface area contributed by atoms with Gasteiger partial charge in [0, 0.05) is 18.3 Å². The molecule has 0 spiro atoms. The van der Waals surface area contributed by atoms with Crippen LogP contribution in [0.4, 0.5) is 5.69 Å². The first kappa shape index (κ1) is 22.9. The van der Waals surface area contributed by atoms with Gasteiger partial charge >= 0.3 is 0 Å². The molecule has 1 aliphatic rings. The highest BCUT2D eigenvalue weighted by Crippen LogP contribution is 2.24. The van der Waals surface area contributed by atoms with E-state index in [1.165, 1.54) is 12.3 Å². The SMILES string of the molecule is C=CC(=O)N1CCC[C@@H]1C[NH2+]c1c(C#N)cncc1C(=N)c1ccc(Oc2ccccc2)cc1. The van der Waals surface area contributed by atoms with Crippen LogP contribution in [0, 0.1) is 16.7 Å². The maximum absolute atomic E-state index is 12.1. The molecule has 3 N–H and O–H groups in total. The number of ether oxygens (including phenoxy) is 1. The lowest BCUT2D eigenvalue weighted by molar-refractivity contribution is -0.576. The van der Waals surface area contributed by atoms with E-state index in [4.69, 9.17) is 10.1 Å². The highest BCUT2D eigenvalue weighted by Gasteiger charge is 2.29. The molecule has 170 valence electrons. The van der Waals surface area contributed by atoms with Gasteiger partial charge in [0.05, 0.1) is 23.5 Å². The summed E-state index contributed by atoms with van der Waals surface area (Å²) in [4.78, 5) is 18.2. The van der Waals surface area contributed by atoms with Gasteiger partial charge in [-0.05, 0) is 55.3 Å². The van der Waals surface area contributed by atoms with Gasteiger partial charge in [0.15, 0.2) is 5.69 Å². The maximum atomic E-state index is 12.1. The zero-order valence-electron chi connectivity index (χ0n) is 18.8. The molecule has 4 rings (SSSR count). The highest BCUT2D eigenvalue weighted by molar-refractivity contribution is 6.13. The number of hydrogen-bond donors (Lipinski definition) is 2. The molecule has 0 radical (unpaired) electrons. The third-order valence-electron chi connectivity index (χ3n) is 5.93. The molecule has 1 atom stereocenters. The molecule has 7 heteroatoms. The molecule has 1 aliphatic heterocycles. The molecule has 1 amide bonds. The normalized spacial score (nSPS) is 14.9. The van der Waals surface area contributed by atoms with Gasteiger partial charge in [0.25, 0.3) is 0 Å². The number of nitrogens with one attached hydrogen (secondary N) is 1. The number of amides is 1. The number of pyridine rings is 1. The fourth-order valence-corrected chi connectivity index (χ4v) is 4.19. The number of carbonyl (C=O) groups excluding carboxylic acids is 1. The molecule has 0 saturated carbocycles. The minimum Gasteiger partial charge on any atom is -0.457 e. The van der Waals surface area contributed by atoms with Crippen molar-refractivity contribution in [1.29, 1.82) is 10.7 Å². The molecule has 1 aromatic heterocycles. The first-order chi connectivity index (χ1) is 16.6. The first-order valence-corrected chi connectivity index (χ1v) is 11.2. The van der Waals surface area contributed by atoms with Crippen molar-refractivity contribution in [3.8, 4) is 17.6 Å². The first-order valence-electron chi connectivity index (χ1n) is 11.2. The van der Waals surface area contributed by atoms with Crippen molar-refractivity contribution in [3.05, 3.63) is 96.3 Å². The molecular formula is C27H26N5O2+. The topological polar surface area (TPSA) is 107 Å². The fraction of sp³-hybridized carbons (Fsp3) is 0.185. The Morgan fingerprint density at radius 1 is 1.21 bits per heavy atom. The van der Waals surface area contributed by atoms with E-state index < -0.39 is 0 Å². The Morgan fingerprint density at radius 2 is 1.94 bits per heavy atom. The molecule has 1 fully saturated rings. The summed E-state index contributed by atoms with van der Waals surface area (Å²) in [6.07, 6.45) is 6.32. The predicted molar refractivity (Wildman–Crippen MR) is 129 cm³/mol. The van der Waals surface area contributed by atoms with E-state index in [1.54, 1.807) is 6.20 Å². The molecule has 2 heterocycles. The van der Waals surface area contributed by atoms with E-state index in [0.29, 0.717) is 41.2 Å². The summed E-state index contributed by atoms with van der Waals surface area (Å²) >= 11 is 0. The number of hydrogen-bond acceptors (Lipinski definition) is 5. The zero-order chi connectivity index (χ0) is 23.9. The van der Waals surface area contributed by atoms with E-state index in [-0.39, 0.29) is 17.7 Å². The average molecular weight is 453 g/mol. The Balaban J connectivity index is 1.53. The lowest BCUT2D eigenvalue weighted by Crippen LogP contribution is -2.82. The molecule has 0 aliphatic carbocycles. The molecule has 3 aromatic rings. The van der Waals surface area contributed by atoms with Crippen molar-refractivity contribution in [2.24, 2.45) is 0 Å². The third kappa shape index (κ3) is 5.03.